The standard InChI is InChI=1S/C13H21NO3/c1-16-12-5-6-13(17-2)11(9-12)10-14-7-3-4-8-15/h5-6,9,14-15H,3-4,7-8,10H2,1-2H3. The van der Waals surface area contributed by atoms with Gasteiger partial charge in [0.2, 0.25) is 0 Å². The van der Waals surface area contributed by atoms with Crippen LogP contribution in [0.15, 0.2) is 18.2 Å². The SMILES string of the molecule is COc1ccc(OC)c(CNCCCCO)c1. The van der Waals surface area contributed by atoms with E-state index in [0.717, 1.165) is 43.0 Å². The molecule has 0 aromatic heterocycles. The first-order valence-corrected chi connectivity index (χ1v) is 5.84. The molecular formula is C13H21NO3. The molecule has 1 rings (SSSR count). The summed E-state index contributed by atoms with van der Waals surface area (Å²) in [6.07, 6.45) is 1.81. The highest BCUT2D eigenvalue weighted by atomic mass is 16.5. The van der Waals surface area contributed by atoms with Crippen LogP contribution in [0.25, 0.3) is 0 Å². The van der Waals surface area contributed by atoms with Gasteiger partial charge in [-0.05, 0) is 37.6 Å². The van der Waals surface area contributed by atoms with Crippen LogP contribution in [0, 0.1) is 0 Å². The second kappa shape index (κ2) is 7.92. The molecule has 2 N–H and O–H groups in total. The van der Waals surface area contributed by atoms with Crippen molar-refractivity contribution in [2.24, 2.45) is 0 Å². The molecule has 0 fully saturated rings. The molecule has 0 radical (unpaired) electrons. The van der Waals surface area contributed by atoms with Crippen molar-refractivity contribution < 1.29 is 14.6 Å². The largest absolute Gasteiger partial charge is 0.497 e. The van der Waals surface area contributed by atoms with E-state index in [1.165, 1.54) is 0 Å². The van der Waals surface area contributed by atoms with Crippen LogP contribution < -0.4 is 14.8 Å². The van der Waals surface area contributed by atoms with E-state index >= 15 is 0 Å². The van der Waals surface area contributed by atoms with Gasteiger partial charge in [-0.1, -0.05) is 0 Å². The summed E-state index contributed by atoms with van der Waals surface area (Å²) >= 11 is 0. The fourth-order valence-corrected chi connectivity index (χ4v) is 1.60. The number of benzene rings is 1. The molecule has 0 heterocycles. The van der Waals surface area contributed by atoms with Gasteiger partial charge >= 0.3 is 0 Å². The molecule has 0 aliphatic carbocycles. The number of methoxy groups -OCH3 is 2. The van der Waals surface area contributed by atoms with E-state index in [1.807, 2.05) is 18.2 Å². The monoisotopic (exact) mass is 239 g/mol. The van der Waals surface area contributed by atoms with Crippen LogP contribution in [0.4, 0.5) is 0 Å². The first-order chi connectivity index (χ1) is 8.31. The van der Waals surface area contributed by atoms with Crippen LogP contribution in [0.5, 0.6) is 11.5 Å². The zero-order valence-corrected chi connectivity index (χ0v) is 10.5. The summed E-state index contributed by atoms with van der Waals surface area (Å²) in [5.74, 6) is 1.69. The first-order valence-electron chi connectivity index (χ1n) is 5.84. The molecule has 0 saturated carbocycles. The number of unbranched alkanes of at least 4 members (excludes halogenated alkanes) is 1. The van der Waals surface area contributed by atoms with Gasteiger partial charge in [0.1, 0.15) is 11.5 Å². The molecule has 0 bridgehead atoms. The lowest BCUT2D eigenvalue weighted by Gasteiger charge is -2.11. The highest BCUT2D eigenvalue weighted by molar-refractivity contribution is 5.40. The number of aliphatic hydroxyl groups excluding tert-OH is 1. The first kappa shape index (κ1) is 13.8. The molecule has 0 spiro atoms. The Morgan fingerprint density at radius 2 is 2.00 bits per heavy atom. The van der Waals surface area contributed by atoms with Crippen LogP contribution in [0.2, 0.25) is 0 Å². The maximum absolute atomic E-state index is 8.67. The van der Waals surface area contributed by atoms with Gasteiger partial charge in [-0.25, -0.2) is 0 Å². The number of ether oxygens (including phenoxy) is 2. The fourth-order valence-electron chi connectivity index (χ4n) is 1.60. The van der Waals surface area contributed by atoms with Gasteiger partial charge in [-0.3, -0.25) is 0 Å². The molecule has 1 aromatic rings. The van der Waals surface area contributed by atoms with Gasteiger partial charge in [-0.2, -0.15) is 0 Å². The quantitative estimate of drug-likeness (QED) is 0.676. The van der Waals surface area contributed by atoms with Crippen molar-refractivity contribution in [3.05, 3.63) is 23.8 Å². The zero-order chi connectivity index (χ0) is 12.5. The smallest absolute Gasteiger partial charge is 0.123 e. The third kappa shape index (κ3) is 4.63. The summed E-state index contributed by atoms with van der Waals surface area (Å²) in [7, 11) is 3.32. The number of aliphatic hydroxyl groups is 1. The molecule has 0 amide bonds. The van der Waals surface area contributed by atoms with E-state index in [4.69, 9.17) is 14.6 Å². The maximum atomic E-state index is 8.67. The zero-order valence-electron chi connectivity index (χ0n) is 10.5. The molecule has 0 aliphatic heterocycles. The van der Waals surface area contributed by atoms with E-state index in [0.29, 0.717) is 0 Å². The van der Waals surface area contributed by atoms with Gasteiger partial charge in [0.05, 0.1) is 14.2 Å². The van der Waals surface area contributed by atoms with Crippen molar-refractivity contribution in [3.8, 4) is 11.5 Å². The average Bonchev–Trinajstić information content (AvgIpc) is 2.38. The normalized spacial score (nSPS) is 10.3. The topological polar surface area (TPSA) is 50.7 Å². The fraction of sp³-hybridized carbons (Fsp3) is 0.538. The number of nitrogens with one attached hydrogen (secondary N) is 1. The van der Waals surface area contributed by atoms with E-state index in [2.05, 4.69) is 5.32 Å². The minimum Gasteiger partial charge on any atom is -0.497 e. The second-order valence-electron chi connectivity index (χ2n) is 3.79. The Kier molecular flexibility index (Phi) is 6.43. The predicted octanol–water partition coefficient (Wildman–Crippen LogP) is 1.57. The van der Waals surface area contributed by atoms with Crippen LogP contribution in [-0.2, 0) is 6.54 Å². The van der Waals surface area contributed by atoms with Crippen LogP contribution in [0.1, 0.15) is 18.4 Å². The lowest BCUT2D eigenvalue weighted by molar-refractivity contribution is 0.283. The highest BCUT2D eigenvalue weighted by Crippen LogP contribution is 2.23. The van der Waals surface area contributed by atoms with E-state index < -0.39 is 0 Å². The van der Waals surface area contributed by atoms with Crippen molar-refractivity contribution in [2.45, 2.75) is 19.4 Å². The van der Waals surface area contributed by atoms with Gasteiger partial charge in [-0.15, -0.1) is 0 Å². The Morgan fingerprint density at radius 1 is 1.18 bits per heavy atom. The van der Waals surface area contributed by atoms with Crippen molar-refractivity contribution in [3.63, 3.8) is 0 Å². The molecule has 0 saturated heterocycles. The highest BCUT2D eigenvalue weighted by Gasteiger charge is 2.04. The summed E-state index contributed by atoms with van der Waals surface area (Å²) in [6.45, 7) is 1.89. The summed E-state index contributed by atoms with van der Waals surface area (Å²) in [5, 5.41) is 12.0. The van der Waals surface area contributed by atoms with Gasteiger partial charge < -0.3 is 19.9 Å². The van der Waals surface area contributed by atoms with E-state index in [-0.39, 0.29) is 6.61 Å². The van der Waals surface area contributed by atoms with Gasteiger partial charge in [0, 0.05) is 18.7 Å². The summed E-state index contributed by atoms with van der Waals surface area (Å²) in [4.78, 5) is 0. The van der Waals surface area contributed by atoms with Crippen LogP contribution >= 0.6 is 0 Å². The van der Waals surface area contributed by atoms with Crippen molar-refractivity contribution in [1.82, 2.24) is 5.32 Å². The Labute approximate surface area is 103 Å². The molecule has 4 nitrogen and oxygen atoms in total. The molecule has 1 aromatic carbocycles. The third-order valence-electron chi connectivity index (χ3n) is 2.56. The lowest BCUT2D eigenvalue weighted by Crippen LogP contribution is -2.15. The Morgan fingerprint density at radius 3 is 2.65 bits per heavy atom. The molecule has 17 heavy (non-hydrogen) atoms. The summed E-state index contributed by atoms with van der Waals surface area (Å²) < 4.78 is 10.5. The predicted molar refractivity (Wildman–Crippen MR) is 67.6 cm³/mol. The van der Waals surface area contributed by atoms with Gasteiger partial charge in [0.15, 0.2) is 0 Å². The number of rotatable bonds is 8. The lowest BCUT2D eigenvalue weighted by atomic mass is 10.2. The van der Waals surface area contributed by atoms with Crippen molar-refractivity contribution in [2.75, 3.05) is 27.4 Å². The summed E-state index contributed by atoms with van der Waals surface area (Å²) in [5.41, 5.74) is 1.08. The van der Waals surface area contributed by atoms with Crippen LogP contribution in [-0.4, -0.2) is 32.5 Å². The Hall–Kier alpha value is -1.26. The van der Waals surface area contributed by atoms with E-state index in [9.17, 15) is 0 Å². The summed E-state index contributed by atoms with van der Waals surface area (Å²) in [6, 6.07) is 5.76. The molecule has 0 atom stereocenters. The van der Waals surface area contributed by atoms with Crippen LogP contribution in [0.3, 0.4) is 0 Å². The third-order valence-corrected chi connectivity index (χ3v) is 2.56. The average molecular weight is 239 g/mol. The second-order valence-corrected chi connectivity index (χ2v) is 3.79. The molecule has 96 valence electrons. The Balaban J connectivity index is 2.49. The number of hydrogen-bond acceptors (Lipinski definition) is 4. The molecular weight excluding hydrogens is 218 g/mol. The number of hydrogen-bond donors (Lipinski definition) is 2. The minimum atomic E-state index is 0.254. The van der Waals surface area contributed by atoms with Crippen molar-refractivity contribution >= 4 is 0 Å². The molecule has 4 heteroatoms. The maximum Gasteiger partial charge on any atom is 0.123 e. The molecule has 0 aliphatic rings. The Bertz CT molecular complexity index is 328. The van der Waals surface area contributed by atoms with Gasteiger partial charge in [0.25, 0.3) is 0 Å². The van der Waals surface area contributed by atoms with E-state index in [1.54, 1.807) is 14.2 Å². The minimum absolute atomic E-state index is 0.254. The molecule has 0 unspecified atom stereocenters. The van der Waals surface area contributed by atoms with Crippen molar-refractivity contribution in [1.29, 1.82) is 0 Å².